The molecule has 2 rings (SSSR count). The number of nitrogens with zero attached hydrogens (tertiary/aromatic N) is 2. The zero-order chi connectivity index (χ0) is 8.23. The Hall–Kier alpha value is -1.05. The van der Waals surface area contributed by atoms with Crippen molar-refractivity contribution in [3.05, 3.63) is 48.9 Å². The third kappa shape index (κ3) is 2.44. The van der Waals surface area contributed by atoms with Crippen LogP contribution in [0.5, 0.6) is 0 Å². The van der Waals surface area contributed by atoms with E-state index >= 15 is 0 Å². The van der Waals surface area contributed by atoms with Crippen LogP contribution >= 0.6 is 0 Å². The van der Waals surface area contributed by atoms with E-state index in [0.717, 1.165) is 11.3 Å². The molecule has 1 aromatic heterocycles. The third-order valence-corrected chi connectivity index (χ3v) is 1.65. The van der Waals surface area contributed by atoms with Crippen LogP contribution in [-0.2, 0) is 20.1 Å². The second-order valence-electron chi connectivity index (χ2n) is 2.46. The predicted octanol–water partition coefficient (Wildman–Crippen LogP) is 2.14. The molecule has 0 aliphatic rings. The molecule has 0 aliphatic carbocycles. The first kappa shape index (κ1) is 10.0. The van der Waals surface area contributed by atoms with Gasteiger partial charge in [0.25, 0.3) is 0 Å². The summed E-state index contributed by atoms with van der Waals surface area (Å²) in [6.07, 6.45) is 3.30. The average Bonchev–Trinajstić information content (AvgIpc) is 2.21. The summed E-state index contributed by atoms with van der Waals surface area (Å²) < 4.78 is 0. The maximum absolute atomic E-state index is 4.14. The Morgan fingerprint density at radius 1 is 0.923 bits per heavy atom. The molecular weight excluding hydrogens is 340 g/mol. The van der Waals surface area contributed by atoms with E-state index in [4.69, 9.17) is 0 Å². The van der Waals surface area contributed by atoms with E-state index in [1.807, 2.05) is 36.4 Å². The van der Waals surface area contributed by atoms with Gasteiger partial charge in [-0.1, -0.05) is 30.3 Å². The number of hydrogen-bond acceptors (Lipinski definition) is 2. The molecule has 13 heavy (non-hydrogen) atoms. The smallest absolute Gasteiger partial charge is 0.116 e. The quantitative estimate of drug-likeness (QED) is 0.789. The minimum Gasteiger partial charge on any atom is -0.245 e. The summed E-state index contributed by atoms with van der Waals surface area (Å²) in [7, 11) is 0. The summed E-state index contributed by atoms with van der Waals surface area (Å²) in [4.78, 5) is 8.00. The third-order valence-electron chi connectivity index (χ3n) is 1.65. The molecule has 0 unspecified atom stereocenters. The van der Waals surface area contributed by atoms with Gasteiger partial charge in [-0.15, -0.1) is 0 Å². The van der Waals surface area contributed by atoms with Gasteiger partial charge in [0.2, 0.25) is 0 Å². The molecule has 3 heteroatoms. The topological polar surface area (TPSA) is 25.8 Å². The standard InChI is InChI=1S/C10H8N2.Ir/c1-2-4-9(5-3-1)10-6-7-11-8-12-10;/h1-8H;. The second-order valence-corrected chi connectivity index (χ2v) is 2.46. The van der Waals surface area contributed by atoms with Crippen molar-refractivity contribution in [3.8, 4) is 11.3 Å². The molecule has 0 aliphatic heterocycles. The average molecular weight is 348 g/mol. The molecule has 0 spiro atoms. The second kappa shape index (κ2) is 4.85. The SMILES string of the molecule is [Ir].c1ccc(-c2ccncn2)cc1. The van der Waals surface area contributed by atoms with Gasteiger partial charge in [0.15, 0.2) is 0 Å². The predicted molar refractivity (Wildman–Crippen MR) is 47.5 cm³/mol. The first-order chi connectivity index (χ1) is 5.97. The van der Waals surface area contributed by atoms with Gasteiger partial charge in [-0.2, -0.15) is 0 Å². The Morgan fingerprint density at radius 2 is 1.69 bits per heavy atom. The van der Waals surface area contributed by atoms with Crippen molar-refractivity contribution in [2.24, 2.45) is 0 Å². The Kier molecular flexibility index (Phi) is 3.74. The normalized spacial score (nSPS) is 8.92. The number of aromatic nitrogens is 2. The fourth-order valence-corrected chi connectivity index (χ4v) is 1.07. The fourth-order valence-electron chi connectivity index (χ4n) is 1.07. The van der Waals surface area contributed by atoms with Crippen molar-refractivity contribution >= 4 is 0 Å². The van der Waals surface area contributed by atoms with E-state index in [0.29, 0.717) is 0 Å². The molecule has 0 amide bonds. The molecule has 0 atom stereocenters. The van der Waals surface area contributed by atoms with E-state index in [2.05, 4.69) is 9.97 Å². The zero-order valence-electron chi connectivity index (χ0n) is 6.85. The minimum atomic E-state index is 0. The van der Waals surface area contributed by atoms with Crippen LogP contribution in [0, 0.1) is 0 Å². The van der Waals surface area contributed by atoms with Crippen LogP contribution in [0.3, 0.4) is 0 Å². The van der Waals surface area contributed by atoms with Gasteiger partial charge in [-0.3, -0.25) is 0 Å². The number of rotatable bonds is 1. The Bertz CT molecular complexity index is 310. The summed E-state index contributed by atoms with van der Waals surface area (Å²) in [5.41, 5.74) is 2.09. The molecule has 0 N–H and O–H groups in total. The molecule has 2 aromatic rings. The zero-order valence-corrected chi connectivity index (χ0v) is 9.24. The van der Waals surface area contributed by atoms with Gasteiger partial charge in [0.1, 0.15) is 6.33 Å². The molecule has 0 saturated carbocycles. The van der Waals surface area contributed by atoms with Gasteiger partial charge in [0.05, 0.1) is 5.69 Å². The summed E-state index contributed by atoms with van der Waals surface area (Å²) >= 11 is 0. The minimum absolute atomic E-state index is 0. The van der Waals surface area contributed by atoms with E-state index < -0.39 is 0 Å². The maximum atomic E-state index is 4.14. The van der Waals surface area contributed by atoms with E-state index in [9.17, 15) is 0 Å². The van der Waals surface area contributed by atoms with Crippen LogP contribution < -0.4 is 0 Å². The summed E-state index contributed by atoms with van der Waals surface area (Å²) in [5, 5.41) is 0. The largest absolute Gasteiger partial charge is 0.245 e. The molecule has 1 heterocycles. The van der Waals surface area contributed by atoms with Crippen LogP contribution in [0.1, 0.15) is 0 Å². The Labute approximate surface area is 90.4 Å². The van der Waals surface area contributed by atoms with Crippen LogP contribution in [0.15, 0.2) is 48.9 Å². The molecule has 2 nitrogen and oxygen atoms in total. The molecular formula is C10H8IrN2. The number of benzene rings is 1. The van der Waals surface area contributed by atoms with Crippen LogP contribution in [-0.4, -0.2) is 9.97 Å². The van der Waals surface area contributed by atoms with Gasteiger partial charge in [0, 0.05) is 31.9 Å². The first-order valence-electron chi connectivity index (χ1n) is 3.78. The van der Waals surface area contributed by atoms with Gasteiger partial charge in [-0.05, 0) is 6.07 Å². The van der Waals surface area contributed by atoms with Crippen LogP contribution in [0.2, 0.25) is 0 Å². The summed E-state index contributed by atoms with van der Waals surface area (Å²) in [6, 6.07) is 11.9. The van der Waals surface area contributed by atoms with Crippen molar-refractivity contribution in [2.45, 2.75) is 0 Å². The van der Waals surface area contributed by atoms with Gasteiger partial charge < -0.3 is 0 Å². The molecule has 0 saturated heterocycles. The first-order valence-corrected chi connectivity index (χ1v) is 3.78. The Morgan fingerprint density at radius 3 is 2.31 bits per heavy atom. The van der Waals surface area contributed by atoms with E-state index in [-0.39, 0.29) is 20.1 Å². The van der Waals surface area contributed by atoms with Crippen molar-refractivity contribution in [3.63, 3.8) is 0 Å². The number of hydrogen-bond donors (Lipinski definition) is 0. The molecule has 1 radical (unpaired) electrons. The van der Waals surface area contributed by atoms with E-state index in [1.165, 1.54) is 0 Å². The fraction of sp³-hybridized carbons (Fsp3) is 0. The van der Waals surface area contributed by atoms with Gasteiger partial charge >= 0.3 is 0 Å². The van der Waals surface area contributed by atoms with Crippen LogP contribution in [0.4, 0.5) is 0 Å². The Balaban J connectivity index is 0.000000845. The van der Waals surface area contributed by atoms with Crippen molar-refractivity contribution in [1.82, 2.24) is 9.97 Å². The van der Waals surface area contributed by atoms with Crippen molar-refractivity contribution < 1.29 is 20.1 Å². The molecule has 0 bridgehead atoms. The van der Waals surface area contributed by atoms with Crippen LogP contribution in [0.25, 0.3) is 11.3 Å². The van der Waals surface area contributed by atoms with E-state index in [1.54, 1.807) is 12.5 Å². The summed E-state index contributed by atoms with van der Waals surface area (Å²) in [6.45, 7) is 0. The molecule has 67 valence electrons. The molecule has 0 fully saturated rings. The van der Waals surface area contributed by atoms with Crippen molar-refractivity contribution in [2.75, 3.05) is 0 Å². The summed E-state index contributed by atoms with van der Waals surface area (Å²) in [5.74, 6) is 0. The monoisotopic (exact) mass is 349 g/mol. The maximum Gasteiger partial charge on any atom is 0.116 e. The van der Waals surface area contributed by atoms with Gasteiger partial charge in [-0.25, -0.2) is 9.97 Å². The van der Waals surface area contributed by atoms with Crippen molar-refractivity contribution in [1.29, 1.82) is 0 Å². The molecule has 1 aromatic carbocycles.